The molecular formula is C25H39ClN5O9PS. The number of nitrogens with zero attached hydrogens (tertiary/aromatic N) is 4. The number of aliphatic hydroxyl groups excluding tert-OH is 2. The van der Waals surface area contributed by atoms with Crippen molar-refractivity contribution >= 4 is 46.3 Å². The van der Waals surface area contributed by atoms with Crippen LogP contribution in [0.5, 0.6) is 0 Å². The maximum absolute atomic E-state index is 11.9. The number of hydrogen-bond acceptors (Lipinski definition) is 11. The molecule has 0 amide bonds. The van der Waals surface area contributed by atoms with Crippen molar-refractivity contribution < 1.29 is 41.9 Å². The van der Waals surface area contributed by atoms with Crippen LogP contribution >= 0.6 is 19.2 Å². The summed E-state index contributed by atoms with van der Waals surface area (Å²) in [5.74, 6) is 1.02. The molecular weight excluding hydrogens is 613 g/mol. The molecule has 3 heterocycles. The smallest absolute Gasteiger partial charge is 0.343 e. The zero-order valence-corrected chi connectivity index (χ0v) is 26.4. The normalized spacial score (nSPS) is 35.0. The van der Waals surface area contributed by atoms with Crippen LogP contribution in [0.4, 0.5) is 5.82 Å². The van der Waals surface area contributed by atoms with Gasteiger partial charge in [0.1, 0.15) is 18.3 Å². The third-order valence-electron chi connectivity index (χ3n) is 8.78. The highest BCUT2D eigenvalue weighted by Gasteiger charge is 2.52. The summed E-state index contributed by atoms with van der Waals surface area (Å²) in [5, 5.41) is 24.9. The van der Waals surface area contributed by atoms with Gasteiger partial charge in [-0.25, -0.2) is 4.98 Å². The van der Waals surface area contributed by atoms with Gasteiger partial charge in [0.25, 0.3) is 10.1 Å². The summed E-state index contributed by atoms with van der Waals surface area (Å²) in [6.07, 6.45) is 1.98. The zero-order chi connectivity index (χ0) is 30.9. The summed E-state index contributed by atoms with van der Waals surface area (Å²) in [5.41, 5.74) is -0.661. The lowest BCUT2D eigenvalue weighted by Crippen LogP contribution is -2.53. The summed E-state index contributed by atoms with van der Waals surface area (Å²) >= 11 is 6.37. The number of nitrogens with one attached hydrogen (secondary N) is 1. The molecule has 2 aromatic heterocycles. The van der Waals surface area contributed by atoms with Gasteiger partial charge in [-0.3, -0.25) is 13.3 Å². The molecule has 3 fully saturated rings. The number of aromatic nitrogens is 4. The Morgan fingerprint density at radius 1 is 1.17 bits per heavy atom. The van der Waals surface area contributed by atoms with Gasteiger partial charge >= 0.3 is 7.60 Å². The predicted molar refractivity (Wildman–Crippen MR) is 153 cm³/mol. The van der Waals surface area contributed by atoms with Crippen LogP contribution in [0.3, 0.4) is 0 Å². The minimum atomic E-state index is -4.91. The van der Waals surface area contributed by atoms with Crippen LogP contribution in [0.1, 0.15) is 72.4 Å². The molecule has 5 N–H and O–H groups in total. The van der Waals surface area contributed by atoms with Crippen molar-refractivity contribution in [3.63, 3.8) is 0 Å². The summed E-state index contributed by atoms with van der Waals surface area (Å²) in [7, 11) is -9.54. The molecule has 17 heteroatoms. The van der Waals surface area contributed by atoms with E-state index in [-0.39, 0.29) is 21.9 Å². The van der Waals surface area contributed by atoms with Gasteiger partial charge in [0.2, 0.25) is 5.28 Å². The Hall–Kier alpha value is -1.42. The van der Waals surface area contributed by atoms with Crippen molar-refractivity contribution in [3.05, 3.63) is 11.6 Å². The Morgan fingerprint density at radius 3 is 2.52 bits per heavy atom. The van der Waals surface area contributed by atoms with Gasteiger partial charge in [-0.05, 0) is 66.9 Å². The van der Waals surface area contributed by atoms with E-state index in [0.717, 1.165) is 32.1 Å². The Labute approximate surface area is 249 Å². The highest BCUT2D eigenvalue weighted by molar-refractivity contribution is 7.93. The average molecular weight is 652 g/mol. The Bertz CT molecular complexity index is 1500. The van der Waals surface area contributed by atoms with Gasteiger partial charge in [-0.2, -0.15) is 18.4 Å². The molecule has 2 bridgehead atoms. The summed E-state index contributed by atoms with van der Waals surface area (Å²) < 4.78 is 46.7. The highest BCUT2D eigenvalue weighted by Crippen LogP contribution is 2.59. The van der Waals surface area contributed by atoms with Crippen LogP contribution in [-0.2, 0) is 23.6 Å². The highest BCUT2D eigenvalue weighted by atomic mass is 35.5. The fourth-order valence-electron chi connectivity index (χ4n) is 7.95. The maximum atomic E-state index is 11.9. The standard InChI is InChI=1S/C25H39ClN5O9PS/c1-5-25(8-14-6-23(2,3)10-24(4,7-14)11-25)30-19-16-20(29-22(26)28-19)31(12-27-16)21-18(33)17(32)15(40-21)9-39-42(37,38)13-41(34,35)36/h12,14-15,17-18,21,32-33H,5-11,13H2,1-4H3,(H,28,29,30)(H2,34,35,36)/t14-,15?,17?,18?,21?,24-,25+/m1/s1. The van der Waals surface area contributed by atoms with E-state index in [1.54, 1.807) is 0 Å². The van der Waals surface area contributed by atoms with Gasteiger partial charge < -0.3 is 30.1 Å². The van der Waals surface area contributed by atoms with Crippen LogP contribution in [0, 0.1) is 16.7 Å². The van der Waals surface area contributed by atoms with Crippen molar-refractivity contribution in [1.82, 2.24) is 19.5 Å². The first-order valence-electron chi connectivity index (χ1n) is 13.9. The molecule has 0 radical (unpaired) electrons. The second kappa shape index (κ2) is 10.9. The van der Waals surface area contributed by atoms with E-state index in [1.165, 1.54) is 17.3 Å². The molecule has 14 nitrogen and oxygen atoms in total. The minimum absolute atomic E-state index is 0.0576. The van der Waals surface area contributed by atoms with E-state index < -0.39 is 54.4 Å². The molecule has 236 valence electrons. The van der Waals surface area contributed by atoms with Gasteiger partial charge in [0.05, 0.1) is 12.9 Å². The maximum Gasteiger partial charge on any atom is 0.343 e. The molecule has 7 atom stereocenters. The molecule has 4 unspecified atom stereocenters. The number of aliphatic hydroxyl groups is 2. The van der Waals surface area contributed by atoms with E-state index >= 15 is 0 Å². The van der Waals surface area contributed by atoms with E-state index in [2.05, 4.69) is 52.1 Å². The lowest BCUT2D eigenvalue weighted by molar-refractivity contribution is -0.0466. The largest absolute Gasteiger partial charge is 0.387 e. The SMILES string of the molecule is CC[C@]1(Nc2nc(Cl)nc3c2ncn3C2OC(COS(=O)(=O)CP(=O)(O)O)C(O)C2O)C[C@@H]2CC(C)(C)C[C@@](C)(C2)C1. The molecule has 0 spiro atoms. The fraction of sp³-hybridized carbons (Fsp3) is 0.800. The summed E-state index contributed by atoms with van der Waals surface area (Å²) in [6, 6.07) is 0. The van der Waals surface area contributed by atoms with Crippen LogP contribution in [-0.4, -0.2) is 83.9 Å². The molecule has 5 rings (SSSR count). The van der Waals surface area contributed by atoms with Crippen molar-refractivity contribution in [2.24, 2.45) is 16.7 Å². The number of anilines is 1. The van der Waals surface area contributed by atoms with Crippen LogP contribution in [0.25, 0.3) is 11.2 Å². The molecule has 1 saturated heterocycles. The van der Waals surface area contributed by atoms with E-state index in [0.29, 0.717) is 22.7 Å². The monoisotopic (exact) mass is 651 g/mol. The lowest BCUT2D eigenvalue weighted by Gasteiger charge is -2.57. The Kier molecular flexibility index (Phi) is 8.29. The lowest BCUT2D eigenvalue weighted by atomic mass is 9.51. The van der Waals surface area contributed by atoms with E-state index in [4.69, 9.17) is 26.1 Å². The minimum Gasteiger partial charge on any atom is -0.387 e. The van der Waals surface area contributed by atoms with Crippen LogP contribution in [0.2, 0.25) is 5.28 Å². The van der Waals surface area contributed by atoms with Gasteiger partial charge in [0, 0.05) is 5.54 Å². The van der Waals surface area contributed by atoms with Gasteiger partial charge in [-0.1, -0.05) is 27.7 Å². The van der Waals surface area contributed by atoms with Crippen LogP contribution < -0.4 is 5.32 Å². The number of imidazole rings is 1. The second-order valence-corrected chi connectivity index (χ2v) is 17.5. The molecule has 0 aromatic carbocycles. The quantitative estimate of drug-likeness (QED) is 0.150. The average Bonchev–Trinajstić information content (AvgIpc) is 3.35. The van der Waals surface area contributed by atoms with E-state index in [9.17, 15) is 23.2 Å². The molecule has 2 aromatic rings. The predicted octanol–water partition coefficient (Wildman–Crippen LogP) is 2.77. The number of ether oxygens (including phenoxy) is 1. The Morgan fingerprint density at radius 2 is 1.88 bits per heavy atom. The first-order valence-corrected chi connectivity index (χ1v) is 17.7. The second-order valence-electron chi connectivity index (χ2n) is 13.4. The topological polar surface area (TPSA) is 206 Å². The van der Waals surface area contributed by atoms with Gasteiger partial charge in [0.15, 0.2) is 28.7 Å². The molecule has 3 aliphatic rings. The first kappa shape index (κ1) is 32.0. The van der Waals surface area contributed by atoms with E-state index in [1.807, 2.05) is 0 Å². The zero-order valence-electron chi connectivity index (χ0n) is 24.0. The fourth-order valence-corrected chi connectivity index (χ4v) is 10.4. The van der Waals surface area contributed by atoms with Crippen molar-refractivity contribution in [3.8, 4) is 0 Å². The Balaban J connectivity index is 1.39. The number of hydrogen-bond donors (Lipinski definition) is 5. The number of fused-ring (bicyclic) bond motifs is 3. The van der Waals surface area contributed by atoms with Crippen molar-refractivity contribution in [2.45, 2.75) is 96.3 Å². The molecule has 42 heavy (non-hydrogen) atoms. The van der Waals surface area contributed by atoms with Crippen LogP contribution in [0.15, 0.2) is 6.33 Å². The van der Waals surface area contributed by atoms with Crippen molar-refractivity contribution in [1.29, 1.82) is 0 Å². The molecule has 2 aliphatic carbocycles. The number of halogens is 1. The number of rotatable bonds is 9. The first-order chi connectivity index (χ1) is 19.3. The summed E-state index contributed by atoms with van der Waals surface area (Å²) in [4.78, 5) is 31.2. The summed E-state index contributed by atoms with van der Waals surface area (Å²) in [6.45, 7) is 8.44. The van der Waals surface area contributed by atoms with Gasteiger partial charge in [-0.15, -0.1) is 0 Å². The third kappa shape index (κ3) is 6.64. The molecule has 1 aliphatic heterocycles. The molecule has 2 saturated carbocycles. The third-order valence-corrected chi connectivity index (χ3v) is 12.1. The van der Waals surface area contributed by atoms with Crippen molar-refractivity contribution in [2.75, 3.05) is 17.4 Å².